The summed E-state index contributed by atoms with van der Waals surface area (Å²) in [5.41, 5.74) is 0. The topological polar surface area (TPSA) is 61.4 Å². The van der Waals surface area contributed by atoms with Gasteiger partial charge in [0.05, 0.1) is 11.1 Å². The van der Waals surface area contributed by atoms with Crippen molar-refractivity contribution in [2.75, 3.05) is 11.9 Å². The van der Waals surface area contributed by atoms with E-state index in [-0.39, 0.29) is 12.1 Å². The molecule has 0 aromatic carbocycles. The molecule has 1 atom stereocenters. The Hall–Kier alpha value is -1.07. The van der Waals surface area contributed by atoms with Crippen LogP contribution >= 0.6 is 11.3 Å². The average molecular weight is 240 g/mol. The summed E-state index contributed by atoms with van der Waals surface area (Å²) in [5, 5.41) is 17.8. The van der Waals surface area contributed by atoms with Crippen LogP contribution < -0.4 is 10.6 Å². The second kappa shape index (κ2) is 5.32. The first-order valence-corrected chi connectivity index (χ1v) is 6.40. The van der Waals surface area contributed by atoms with Gasteiger partial charge in [0.25, 0.3) is 0 Å². The zero-order valence-corrected chi connectivity index (χ0v) is 9.80. The molecule has 2 rings (SSSR count). The first-order valence-electron chi connectivity index (χ1n) is 5.52. The molecule has 1 saturated carbocycles. The molecule has 1 aromatic rings. The Balaban J connectivity index is 1.60. The van der Waals surface area contributed by atoms with Crippen LogP contribution in [0, 0.1) is 5.92 Å². The molecule has 1 heterocycles. The Morgan fingerprint density at radius 3 is 3.06 bits per heavy atom. The van der Waals surface area contributed by atoms with Crippen LogP contribution in [0.2, 0.25) is 0 Å². The minimum absolute atomic E-state index is 0.203. The summed E-state index contributed by atoms with van der Waals surface area (Å²) in [6.45, 7) is 0.523. The number of urea groups is 1. The van der Waals surface area contributed by atoms with Gasteiger partial charge in [-0.15, -0.1) is 11.3 Å². The molecule has 2 amide bonds. The molecular formula is C11H16N2O2S. The van der Waals surface area contributed by atoms with E-state index < -0.39 is 0 Å². The van der Waals surface area contributed by atoms with Gasteiger partial charge >= 0.3 is 6.03 Å². The summed E-state index contributed by atoms with van der Waals surface area (Å²) in [5.74, 6) is 0.474. The van der Waals surface area contributed by atoms with Crippen molar-refractivity contribution < 1.29 is 9.90 Å². The van der Waals surface area contributed by atoms with Gasteiger partial charge in [-0.1, -0.05) is 0 Å². The maximum atomic E-state index is 11.4. The van der Waals surface area contributed by atoms with Gasteiger partial charge in [0, 0.05) is 6.54 Å². The molecule has 5 heteroatoms. The lowest BCUT2D eigenvalue weighted by Gasteiger charge is -2.10. The summed E-state index contributed by atoms with van der Waals surface area (Å²) in [6.07, 6.45) is 2.65. The highest BCUT2D eigenvalue weighted by molar-refractivity contribution is 7.14. The van der Waals surface area contributed by atoms with E-state index in [4.69, 9.17) is 0 Å². The highest BCUT2D eigenvalue weighted by atomic mass is 32.1. The monoisotopic (exact) mass is 240 g/mol. The van der Waals surface area contributed by atoms with Gasteiger partial charge in [-0.25, -0.2) is 4.79 Å². The van der Waals surface area contributed by atoms with Crippen molar-refractivity contribution in [2.24, 2.45) is 5.92 Å². The van der Waals surface area contributed by atoms with E-state index in [1.54, 1.807) is 0 Å². The van der Waals surface area contributed by atoms with Crippen molar-refractivity contribution in [3.05, 3.63) is 17.5 Å². The lowest BCUT2D eigenvalue weighted by Crippen LogP contribution is -2.31. The minimum atomic E-state index is -0.248. The summed E-state index contributed by atoms with van der Waals surface area (Å²) in [4.78, 5) is 11.4. The van der Waals surface area contributed by atoms with E-state index >= 15 is 0 Å². The normalized spacial score (nSPS) is 16.8. The maximum absolute atomic E-state index is 11.4. The Bertz CT molecular complexity index is 336. The highest BCUT2D eigenvalue weighted by Crippen LogP contribution is 2.33. The van der Waals surface area contributed by atoms with Crippen molar-refractivity contribution >= 4 is 22.4 Å². The third-order valence-electron chi connectivity index (χ3n) is 2.65. The van der Waals surface area contributed by atoms with Crippen LogP contribution in [0.3, 0.4) is 0 Å². The third-order valence-corrected chi connectivity index (χ3v) is 3.44. The van der Waals surface area contributed by atoms with Crippen LogP contribution in [0.5, 0.6) is 0 Å². The molecule has 0 radical (unpaired) electrons. The summed E-state index contributed by atoms with van der Waals surface area (Å²) in [7, 11) is 0. The van der Waals surface area contributed by atoms with E-state index in [1.807, 2.05) is 17.5 Å². The smallest absolute Gasteiger partial charge is 0.319 e. The molecule has 0 bridgehead atoms. The van der Waals surface area contributed by atoms with E-state index in [1.165, 1.54) is 11.3 Å². The maximum Gasteiger partial charge on any atom is 0.319 e. The molecule has 0 aliphatic heterocycles. The molecule has 3 N–H and O–H groups in total. The Labute approximate surface area is 98.7 Å². The van der Waals surface area contributed by atoms with Gasteiger partial charge < -0.3 is 10.4 Å². The van der Waals surface area contributed by atoms with Crippen molar-refractivity contribution in [1.29, 1.82) is 0 Å². The Kier molecular flexibility index (Phi) is 3.79. The lowest BCUT2D eigenvalue weighted by molar-refractivity contribution is 0.142. The Morgan fingerprint density at radius 2 is 2.44 bits per heavy atom. The van der Waals surface area contributed by atoms with Gasteiger partial charge in [0.1, 0.15) is 0 Å². The predicted molar refractivity (Wildman–Crippen MR) is 64.7 cm³/mol. The van der Waals surface area contributed by atoms with Crippen molar-refractivity contribution in [1.82, 2.24) is 5.32 Å². The quantitative estimate of drug-likeness (QED) is 0.737. The van der Waals surface area contributed by atoms with Crippen LogP contribution in [0.15, 0.2) is 17.5 Å². The van der Waals surface area contributed by atoms with Crippen LogP contribution in [0.4, 0.5) is 9.80 Å². The van der Waals surface area contributed by atoms with Crippen LogP contribution in [-0.4, -0.2) is 23.8 Å². The minimum Gasteiger partial charge on any atom is -0.393 e. The van der Waals surface area contributed by atoms with E-state index in [9.17, 15) is 9.90 Å². The summed E-state index contributed by atoms with van der Waals surface area (Å²) < 4.78 is 0. The van der Waals surface area contributed by atoms with E-state index in [0.717, 1.165) is 17.8 Å². The molecular weight excluding hydrogens is 224 g/mol. The van der Waals surface area contributed by atoms with Crippen LogP contribution in [0.25, 0.3) is 0 Å². The van der Waals surface area contributed by atoms with Gasteiger partial charge in [-0.05, 0) is 42.7 Å². The first kappa shape index (κ1) is 11.4. The highest BCUT2D eigenvalue weighted by Gasteiger charge is 2.29. The van der Waals surface area contributed by atoms with Gasteiger partial charge in [-0.3, -0.25) is 5.32 Å². The number of nitrogens with one attached hydrogen (secondary N) is 2. The molecule has 4 nitrogen and oxygen atoms in total. The first-order chi connectivity index (χ1) is 7.75. The number of hydrogen-bond donors (Lipinski definition) is 3. The molecule has 1 aromatic heterocycles. The molecule has 0 saturated heterocycles. The summed E-state index contributed by atoms with van der Waals surface area (Å²) in [6, 6.07) is 3.53. The van der Waals surface area contributed by atoms with Gasteiger partial charge in [0.2, 0.25) is 0 Å². The molecule has 0 spiro atoms. The SMILES string of the molecule is O=C(NCC[C@@H](O)C1CC1)Nc1cccs1. The largest absolute Gasteiger partial charge is 0.393 e. The average Bonchev–Trinajstić information content (AvgIpc) is 2.99. The number of carbonyl (C=O) groups excluding carboxylic acids is 1. The number of anilines is 1. The number of aliphatic hydroxyl groups is 1. The van der Waals surface area contributed by atoms with Crippen LogP contribution in [0.1, 0.15) is 19.3 Å². The Morgan fingerprint density at radius 1 is 1.62 bits per heavy atom. The number of amides is 2. The fourth-order valence-corrected chi connectivity index (χ4v) is 2.17. The molecule has 1 aliphatic rings. The standard InChI is InChI=1S/C11H16N2O2S/c14-9(8-3-4-8)5-6-12-11(15)13-10-2-1-7-16-10/h1-2,7-9,14H,3-6H2,(H2,12,13,15)/t9-/m1/s1. The number of thiophene rings is 1. The lowest BCUT2D eigenvalue weighted by atomic mass is 10.2. The zero-order chi connectivity index (χ0) is 11.4. The number of aliphatic hydroxyl groups excluding tert-OH is 1. The van der Waals surface area contributed by atoms with E-state index in [0.29, 0.717) is 18.9 Å². The number of rotatable bonds is 5. The molecule has 1 aliphatic carbocycles. The van der Waals surface area contributed by atoms with E-state index in [2.05, 4.69) is 10.6 Å². The molecule has 16 heavy (non-hydrogen) atoms. The second-order valence-corrected chi connectivity index (χ2v) is 5.00. The zero-order valence-electron chi connectivity index (χ0n) is 8.98. The molecule has 0 unspecified atom stereocenters. The van der Waals surface area contributed by atoms with Crippen LogP contribution in [-0.2, 0) is 0 Å². The van der Waals surface area contributed by atoms with Crippen molar-refractivity contribution in [3.63, 3.8) is 0 Å². The number of carbonyl (C=O) groups is 1. The molecule has 88 valence electrons. The fourth-order valence-electron chi connectivity index (χ4n) is 1.56. The number of hydrogen-bond acceptors (Lipinski definition) is 3. The fraction of sp³-hybridized carbons (Fsp3) is 0.545. The van der Waals surface area contributed by atoms with Crippen molar-refractivity contribution in [3.8, 4) is 0 Å². The van der Waals surface area contributed by atoms with Gasteiger partial charge in [0.15, 0.2) is 0 Å². The second-order valence-electron chi connectivity index (χ2n) is 4.05. The summed E-state index contributed by atoms with van der Waals surface area (Å²) >= 11 is 1.48. The van der Waals surface area contributed by atoms with Crippen molar-refractivity contribution in [2.45, 2.75) is 25.4 Å². The molecule has 1 fully saturated rings. The van der Waals surface area contributed by atoms with Gasteiger partial charge in [-0.2, -0.15) is 0 Å². The third kappa shape index (κ3) is 3.50. The predicted octanol–water partition coefficient (Wildman–Crippen LogP) is 2.03.